The molecule has 1 aromatic heterocycles. The number of benzene rings is 1. The third kappa shape index (κ3) is 2.32. The number of nitrogens with one attached hydrogen (secondary N) is 1. The number of H-pyrrole nitrogens is 1. The van der Waals surface area contributed by atoms with Gasteiger partial charge >= 0.3 is 0 Å². The molecule has 126 valence electrons. The minimum Gasteiger partial charge on any atom is -0.454 e. The summed E-state index contributed by atoms with van der Waals surface area (Å²) in [6.45, 7) is 5.55. The summed E-state index contributed by atoms with van der Waals surface area (Å²) in [4.78, 5) is 15.0. The molecule has 2 aliphatic rings. The predicted molar refractivity (Wildman–Crippen MR) is 85.2 cm³/mol. The molecule has 4 rings (SSSR count). The van der Waals surface area contributed by atoms with E-state index in [0.29, 0.717) is 36.8 Å². The van der Waals surface area contributed by atoms with Gasteiger partial charge in [0.15, 0.2) is 11.5 Å². The Hall–Kier alpha value is -2.54. The fraction of sp³-hybridized carbons (Fsp3) is 0.412. The van der Waals surface area contributed by atoms with Crippen LogP contribution in [0, 0.1) is 13.8 Å². The van der Waals surface area contributed by atoms with E-state index in [9.17, 15) is 4.79 Å². The van der Waals surface area contributed by atoms with Crippen molar-refractivity contribution in [2.45, 2.75) is 19.9 Å². The number of amides is 1. The number of hydrogen-bond acceptors (Lipinski definition) is 5. The Morgan fingerprint density at radius 3 is 3.00 bits per heavy atom. The van der Waals surface area contributed by atoms with Crippen molar-refractivity contribution in [1.29, 1.82) is 0 Å². The SMILES string of the molecule is Cc1n[nH]c(C)c1C1COCCN1C(=O)c1cccc2c1OCO2. The monoisotopic (exact) mass is 329 g/mol. The van der Waals surface area contributed by atoms with E-state index in [0.717, 1.165) is 17.0 Å². The predicted octanol–water partition coefficient (Wildman–Crippen LogP) is 1.97. The van der Waals surface area contributed by atoms with Crippen molar-refractivity contribution < 1.29 is 19.0 Å². The first-order chi connectivity index (χ1) is 11.7. The van der Waals surface area contributed by atoms with Gasteiger partial charge in [0.05, 0.1) is 30.5 Å². The molecule has 1 atom stereocenters. The van der Waals surface area contributed by atoms with Gasteiger partial charge in [0, 0.05) is 17.8 Å². The number of aromatic nitrogens is 2. The first-order valence-corrected chi connectivity index (χ1v) is 7.95. The Labute approximate surface area is 139 Å². The van der Waals surface area contributed by atoms with Crippen molar-refractivity contribution in [3.63, 3.8) is 0 Å². The van der Waals surface area contributed by atoms with Gasteiger partial charge in [0.25, 0.3) is 5.91 Å². The average Bonchev–Trinajstić information content (AvgIpc) is 3.20. The zero-order valence-electron chi connectivity index (χ0n) is 13.7. The summed E-state index contributed by atoms with van der Waals surface area (Å²) < 4.78 is 16.5. The summed E-state index contributed by atoms with van der Waals surface area (Å²) in [5, 5.41) is 7.24. The molecule has 1 unspecified atom stereocenters. The lowest BCUT2D eigenvalue weighted by molar-refractivity contribution is -0.00318. The molecule has 24 heavy (non-hydrogen) atoms. The van der Waals surface area contributed by atoms with E-state index < -0.39 is 0 Å². The average molecular weight is 329 g/mol. The topological polar surface area (TPSA) is 76.7 Å². The first kappa shape index (κ1) is 15.0. The largest absolute Gasteiger partial charge is 0.454 e. The highest BCUT2D eigenvalue weighted by Gasteiger charge is 2.34. The Balaban J connectivity index is 1.71. The van der Waals surface area contributed by atoms with Crippen LogP contribution in [0.15, 0.2) is 18.2 Å². The molecule has 7 heteroatoms. The van der Waals surface area contributed by atoms with Crippen molar-refractivity contribution >= 4 is 5.91 Å². The molecule has 1 N–H and O–H groups in total. The quantitative estimate of drug-likeness (QED) is 0.911. The lowest BCUT2D eigenvalue weighted by Gasteiger charge is -2.36. The van der Waals surface area contributed by atoms with Crippen LogP contribution in [0.1, 0.15) is 33.4 Å². The van der Waals surface area contributed by atoms with Gasteiger partial charge in [-0.1, -0.05) is 6.07 Å². The standard InChI is InChI=1S/C17H19N3O4/c1-10-15(11(2)19-18-10)13-8-22-7-6-20(13)17(21)12-4-3-5-14-16(12)24-9-23-14/h3-5,13H,6-9H2,1-2H3,(H,18,19). The molecular formula is C17H19N3O4. The van der Waals surface area contributed by atoms with Crippen molar-refractivity contribution in [1.82, 2.24) is 15.1 Å². The molecule has 3 heterocycles. The minimum atomic E-state index is -0.164. The number of hydrogen-bond donors (Lipinski definition) is 1. The maximum absolute atomic E-state index is 13.2. The highest BCUT2D eigenvalue weighted by Crippen LogP contribution is 2.38. The molecule has 0 aliphatic carbocycles. The molecule has 1 saturated heterocycles. The van der Waals surface area contributed by atoms with E-state index in [4.69, 9.17) is 14.2 Å². The number of morpholine rings is 1. The summed E-state index contributed by atoms with van der Waals surface area (Å²) in [5.74, 6) is 1.06. The van der Waals surface area contributed by atoms with Crippen LogP contribution in [0.25, 0.3) is 0 Å². The molecule has 0 saturated carbocycles. The van der Waals surface area contributed by atoms with Crippen LogP contribution in [0.4, 0.5) is 0 Å². The van der Waals surface area contributed by atoms with Gasteiger partial charge in [-0.3, -0.25) is 9.89 Å². The van der Waals surface area contributed by atoms with Crippen LogP contribution in [0.3, 0.4) is 0 Å². The van der Waals surface area contributed by atoms with Gasteiger partial charge < -0.3 is 19.1 Å². The molecular weight excluding hydrogens is 310 g/mol. The fourth-order valence-corrected chi connectivity index (χ4v) is 3.39. The highest BCUT2D eigenvalue weighted by molar-refractivity contribution is 5.98. The number of fused-ring (bicyclic) bond motifs is 1. The van der Waals surface area contributed by atoms with Gasteiger partial charge in [-0.2, -0.15) is 5.10 Å². The lowest BCUT2D eigenvalue weighted by atomic mass is 10.0. The van der Waals surface area contributed by atoms with E-state index in [2.05, 4.69) is 10.2 Å². The van der Waals surface area contributed by atoms with E-state index in [-0.39, 0.29) is 18.7 Å². The number of aryl methyl sites for hydroxylation is 2. The normalized spacial score (nSPS) is 19.6. The summed E-state index contributed by atoms with van der Waals surface area (Å²) in [7, 11) is 0. The maximum atomic E-state index is 13.2. The second-order valence-corrected chi connectivity index (χ2v) is 5.98. The minimum absolute atomic E-state index is 0.0781. The number of para-hydroxylation sites is 1. The van der Waals surface area contributed by atoms with Crippen LogP contribution in [-0.2, 0) is 4.74 Å². The molecule has 0 spiro atoms. The second-order valence-electron chi connectivity index (χ2n) is 5.98. The number of ether oxygens (including phenoxy) is 3. The Morgan fingerprint density at radius 2 is 2.21 bits per heavy atom. The second kappa shape index (κ2) is 5.83. The van der Waals surface area contributed by atoms with E-state index in [1.165, 1.54) is 0 Å². The molecule has 1 fully saturated rings. The van der Waals surface area contributed by atoms with E-state index in [1.54, 1.807) is 12.1 Å². The number of nitrogens with zero attached hydrogens (tertiary/aromatic N) is 2. The van der Waals surface area contributed by atoms with E-state index in [1.807, 2.05) is 24.8 Å². The van der Waals surface area contributed by atoms with Gasteiger partial charge in [0.1, 0.15) is 0 Å². The number of carbonyl (C=O) groups is 1. The molecule has 2 aliphatic heterocycles. The van der Waals surface area contributed by atoms with Crippen molar-refractivity contribution in [2.24, 2.45) is 0 Å². The Kier molecular flexibility index (Phi) is 3.65. The van der Waals surface area contributed by atoms with Crippen LogP contribution < -0.4 is 9.47 Å². The summed E-state index contributed by atoms with van der Waals surface area (Å²) in [6.07, 6.45) is 0. The number of carbonyl (C=O) groups excluding carboxylic acids is 1. The van der Waals surface area contributed by atoms with Gasteiger partial charge in [-0.15, -0.1) is 0 Å². The summed E-state index contributed by atoms with van der Waals surface area (Å²) in [5.41, 5.74) is 3.39. The molecule has 1 amide bonds. The molecule has 0 bridgehead atoms. The Morgan fingerprint density at radius 1 is 1.33 bits per heavy atom. The zero-order valence-corrected chi connectivity index (χ0v) is 13.7. The van der Waals surface area contributed by atoms with Crippen LogP contribution in [0.2, 0.25) is 0 Å². The zero-order chi connectivity index (χ0) is 16.7. The van der Waals surface area contributed by atoms with Gasteiger partial charge in [0.2, 0.25) is 6.79 Å². The fourth-order valence-electron chi connectivity index (χ4n) is 3.39. The van der Waals surface area contributed by atoms with Gasteiger partial charge in [-0.25, -0.2) is 0 Å². The van der Waals surface area contributed by atoms with Crippen molar-refractivity contribution in [2.75, 3.05) is 26.6 Å². The van der Waals surface area contributed by atoms with Crippen LogP contribution in [-0.4, -0.2) is 47.6 Å². The lowest BCUT2D eigenvalue weighted by Crippen LogP contribution is -2.43. The smallest absolute Gasteiger partial charge is 0.258 e. The van der Waals surface area contributed by atoms with Crippen molar-refractivity contribution in [3.8, 4) is 11.5 Å². The Bertz CT molecular complexity index is 767. The molecule has 1 aromatic carbocycles. The van der Waals surface area contributed by atoms with Crippen molar-refractivity contribution in [3.05, 3.63) is 40.7 Å². The number of rotatable bonds is 2. The third-order valence-electron chi connectivity index (χ3n) is 4.53. The molecule has 7 nitrogen and oxygen atoms in total. The number of aromatic amines is 1. The summed E-state index contributed by atoms with van der Waals surface area (Å²) in [6, 6.07) is 5.23. The maximum Gasteiger partial charge on any atom is 0.258 e. The van der Waals surface area contributed by atoms with Gasteiger partial charge in [-0.05, 0) is 26.0 Å². The summed E-state index contributed by atoms with van der Waals surface area (Å²) >= 11 is 0. The van der Waals surface area contributed by atoms with Crippen LogP contribution >= 0.6 is 0 Å². The first-order valence-electron chi connectivity index (χ1n) is 7.95. The van der Waals surface area contributed by atoms with E-state index >= 15 is 0 Å². The third-order valence-corrected chi connectivity index (χ3v) is 4.53. The highest BCUT2D eigenvalue weighted by atomic mass is 16.7. The molecule has 2 aromatic rings. The van der Waals surface area contributed by atoms with Crippen LogP contribution in [0.5, 0.6) is 11.5 Å². The molecule has 0 radical (unpaired) electrons.